The highest BCUT2D eigenvalue weighted by Crippen LogP contribution is 2.26. The standard InChI is InChI=1S/C24H36N4OS/c1-4-25-23(26-16-19(2)22-10-15-30-17-22)27-18-24(11-13-29-14-12-24)28-20(3)21-8-6-5-7-9-21/h5-10,15,17,19-20,28H,4,11-14,16,18H2,1-3H3,(H2,25,26,27). The molecule has 0 saturated carbocycles. The van der Waals surface area contributed by atoms with Gasteiger partial charge in [0.1, 0.15) is 0 Å². The fraction of sp³-hybridized carbons (Fsp3) is 0.542. The zero-order valence-corrected chi connectivity index (χ0v) is 19.3. The summed E-state index contributed by atoms with van der Waals surface area (Å²) in [6, 6.07) is 13.1. The molecule has 1 aliphatic heterocycles. The molecule has 5 nitrogen and oxygen atoms in total. The maximum Gasteiger partial charge on any atom is 0.191 e. The van der Waals surface area contributed by atoms with Crippen molar-refractivity contribution in [3.05, 3.63) is 58.3 Å². The molecule has 2 heterocycles. The highest BCUT2D eigenvalue weighted by Gasteiger charge is 2.34. The third-order valence-electron chi connectivity index (χ3n) is 5.84. The fourth-order valence-electron chi connectivity index (χ4n) is 3.89. The van der Waals surface area contributed by atoms with Crippen molar-refractivity contribution >= 4 is 17.3 Å². The number of nitrogens with zero attached hydrogens (tertiary/aromatic N) is 1. The number of aliphatic imine (C=N–C) groups is 1. The topological polar surface area (TPSA) is 57.7 Å². The number of thiophene rings is 1. The van der Waals surface area contributed by atoms with Gasteiger partial charge < -0.3 is 20.7 Å². The smallest absolute Gasteiger partial charge is 0.191 e. The summed E-state index contributed by atoms with van der Waals surface area (Å²) in [6.45, 7) is 10.6. The monoisotopic (exact) mass is 428 g/mol. The van der Waals surface area contributed by atoms with Gasteiger partial charge in [0, 0.05) is 37.9 Å². The van der Waals surface area contributed by atoms with Crippen LogP contribution in [0.4, 0.5) is 0 Å². The molecule has 1 aliphatic rings. The number of ether oxygens (including phenoxy) is 1. The third kappa shape index (κ3) is 6.56. The first kappa shape index (κ1) is 22.8. The zero-order valence-electron chi connectivity index (χ0n) is 18.5. The second kappa shape index (κ2) is 11.5. The van der Waals surface area contributed by atoms with Crippen molar-refractivity contribution in [2.45, 2.75) is 51.1 Å². The molecule has 1 saturated heterocycles. The van der Waals surface area contributed by atoms with E-state index in [1.165, 1.54) is 11.1 Å². The maximum absolute atomic E-state index is 5.67. The quantitative estimate of drug-likeness (QED) is 0.412. The minimum atomic E-state index is -0.0468. The van der Waals surface area contributed by atoms with Crippen molar-refractivity contribution in [2.24, 2.45) is 4.99 Å². The molecule has 1 aromatic carbocycles. The summed E-state index contributed by atoms with van der Waals surface area (Å²) < 4.78 is 5.67. The molecule has 2 atom stereocenters. The third-order valence-corrected chi connectivity index (χ3v) is 6.55. The molecule has 30 heavy (non-hydrogen) atoms. The predicted molar refractivity (Wildman–Crippen MR) is 127 cm³/mol. The predicted octanol–water partition coefficient (Wildman–Crippen LogP) is 4.31. The lowest BCUT2D eigenvalue weighted by molar-refractivity contribution is 0.0374. The molecule has 0 bridgehead atoms. The molecule has 2 aromatic rings. The van der Waals surface area contributed by atoms with Crippen molar-refractivity contribution in [3.63, 3.8) is 0 Å². The molecule has 1 fully saturated rings. The largest absolute Gasteiger partial charge is 0.381 e. The van der Waals surface area contributed by atoms with Crippen LogP contribution in [0.5, 0.6) is 0 Å². The number of rotatable bonds is 9. The van der Waals surface area contributed by atoms with Crippen LogP contribution in [0, 0.1) is 0 Å². The van der Waals surface area contributed by atoms with Crippen molar-refractivity contribution in [3.8, 4) is 0 Å². The van der Waals surface area contributed by atoms with Gasteiger partial charge in [0.05, 0.1) is 6.54 Å². The minimum absolute atomic E-state index is 0.0468. The van der Waals surface area contributed by atoms with Gasteiger partial charge in [-0.25, -0.2) is 0 Å². The van der Waals surface area contributed by atoms with Crippen LogP contribution < -0.4 is 16.0 Å². The van der Waals surface area contributed by atoms with Gasteiger partial charge in [-0.1, -0.05) is 37.3 Å². The summed E-state index contributed by atoms with van der Waals surface area (Å²) in [5.74, 6) is 1.34. The van der Waals surface area contributed by atoms with E-state index >= 15 is 0 Å². The Labute approximate surface area is 185 Å². The molecular formula is C24H36N4OS. The second-order valence-electron chi connectivity index (χ2n) is 8.20. The van der Waals surface area contributed by atoms with Gasteiger partial charge in [-0.3, -0.25) is 4.99 Å². The summed E-state index contributed by atoms with van der Waals surface area (Å²) in [7, 11) is 0. The number of guanidine groups is 1. The number of hydrogen-bond donors (Lipinski definition) is 3. The lowest BCUT2D eigenvalue weighted by Crippen LogP contribution is -2.53. The van der Waals surface area contributed by atoms with E-state index in [1.807, 2.05) is 0 Å². The van der Waals surface area contributed by atoms with Crippen LogP contribution in [0.15, 0.2) is 52.2 Å². The normalized spacial score (nSPS) is 18.6. The van der Waals surface area contributed by atoms with E-state index in [2.05, 4.69) is 83.9 Å². The summed E-state index contributed by atoms with van der Waals surface area (Å²) in [6.07, 6.45) is 1.94. The van der Waals surface area contributed by atoms with Crippen molar-refractivity contribution < 1.29 is 4.74 Å². The Morgan fingerprint density at radius 1 is 1.10 bits per heavy atom. The molecule has 6 heteroatoms. The Balaban J connectivity index is 1.65. The van der Waals surface area contributed by atoms with E-state index in [9.17, 15) is 0 Å². The zero-order chi connectivity index (χ0) is 21.2. The Morgan fingerprint density at radius 3 is 2.53 bits per heavy atom. The second-order valence-corrected chi connectivity index (χ2v) is 8.98. The van der Waals surface area contributed by atoms with Crippen LogP contribution >= 0.6 is 11.3 Å². The molecule has 1 aromatic heterocycles. The van der Waals surface area contributed by atoms with Crippen LogP contribution in [-0.2, 0) is 4.74 Å². The number of hydrogen-bond acceptors (Lipinski definition) is 4. The average Bonchev–Trinajstić information content (AvgIpc) is 3.32. The first-order valence-corrected chi connectivity index (χ1v) is 12.0. The molecule has 3 rings (SSSR count). The van der Waals surface area contributed by atoms with Crippen LogP contribution in [0.1, 0.15) is 56.7 Å². The van der Waals surface area contributed by atoms with Crippen LogP contribution in [0.3, 0.4) is 0 Å². The van der Waals surface area contributed by atoms with Gasteiger partial charge in [0.2, 0.25) is 0 Å². The summed E-state index contributed by atoms with van der Waals surface area (Å²) in [5, 5.41) is 15.2. The van der Waals surface area contributed by atoms with E-state index in [4.69, 9.17) is 9.73 Å². The van der Waals surface area contributed by atoms with E-state index in [0.29, 0.717) is 5.92 Å². The summed E-state index contributed by atoms with van der Waals surface area (Å²) >= 11 is 1.75. The van der Waals surface area contributed by atoms with E-state index in [0.717, 1.165) is 51.6 Å². The molecule has 0 aliphatic carbocycles. The summed E-state index contributed by atoms with van der Waals surface area (Å²) in [4.78, 5) is 4.99. The summed E-state index contributed by atoms with van der Waals surface area (Å²) in [5.41, 5.74) is 2.64. The van der Waals surface area contributed by atoms with E-state index < -0.39 is 0 Å². The maximum atomic E-state index is 5.67. The Kier molecular flexibility index (Phi) is 8.73. The highest BCUT2D eigenvalue weighted by molar-refractivity contribution is 7.07. The Morgan fingerprint density at radius 2 is 1.87 bits per heavy atom. The molecule has 0 amide bonds. The molecule has 164 valence electrons. The van der Waals surface area contributed by atoms with Gasteiger partial charge in [-0.2, -0.15) is 11.3 Å². The van der Waals surface area contributed by atoms with Gasteiger partial charge in [-0.05, 0) is 60.6 Å². The van der Waals surface area contributed by atoms with Crippen molar-refractivity contribution in [1.82, 2.24) is 16.0 Å². The van der Waals surface area contributed by atoms with Crippen molar-refractivity contribution in [2.75, 3.05) is 32.8 Å². The van der Waals surface area contributed by atoms with Crippen molar-refractivity contribution in [1.29, 1.82) is 0 Å². The molecule has 0 radical (unpaired) electrons. The van der Waals surface area contributed by atoms with Gasteiger partial charge in [0.15, 0.2) is 5.96 Å². The molecular weight excluding hydrogens is 392 g/mol. The van der Waals surface area contributed by atoms with Crippen LogP contribution in [0.2, 0.25) is 0 Å². The average molecular weight is 429 g/mol. The number of benzene rings is 1. The van der Waals surface area contributed by atoms with Crippen LogP contribution in [-0.4, -0.2) is 44.3 Å². The Bertz CT molecular complexity index is 757. The SMILES string of the molecule is CCNC(=NCC1(NC(C)c2ccccc2)CCOCC1)NCC(C)c1ccsc1. The van der Waals surface area contributed by atoms with Gasteiger partial charge in [-0.15, -0.1) is 0 Å². The molecule has 3 N–H and O–H groups in total. The molecule has 0 spiro atoms. The number of nitrogens with one attached hydrogen (secondary N) is 3. The lowest BCUT2D eigenvalue weighted by atomic mass is 9.88. The lowest BCUT2D eigenvalue weighted by Gasteiger charge is -2.39. The van der Waals surface area contributed by atoms with Crippen LogP contribution in [0.25, 0.3) is 0 Å². The minimum Gasteiger partial charge on any atom is -0.381 e. The van der Waals surface area contributed by atoms with E-state index in [-0.39, 0.29) is 11.6 Å². The first-order valence-electron chi connectivity index (χ1n) is 11.1. The Hall–Kier alpha value is -1.89. The highest BCUT2D eigenvalue weighted by atomic mass is 32.1. The molecule has 2 unspecified atom stereocenters. The first-order chi connectivity index (χ1) is 14.6. The van der Waals surface area contributed by atoms with Gasteiger partial charge in [0.25, 0.3) is 0 Å². The fourth-order valence-corrected chi connectivity index (χ4v) is 4.67. The van der Waals surface area contributed by atoms with E-state index in [1.54, 1.807) is 11.3 Å². The van der Waals surface area contributed by atoms with Gasteiger partial charge >= 0.3 is 0 Å².